The quantitative estimate of drug-likeness (QED) is 0.871. The van der Waals surface area contributed by atoms with Crippen molar-refractivity contribution in [2.45, 2.75) is 58.8 Å². The monoisotopic (exact) mass is 329 g/mol. The van der Waals surface area contributed by atoms with Crippen molar-refractivity contribution in [3.63, 3.8) is 0 Å². The molecule has 0 spiro atoms. The highest BCUT2D eigenvalue weighted by molar-refractivity contribution is 5.01. The molecule has 0 fully saturated rings. The van der Waals surface area contributed by atoms with E-state index in [1.165, 1.54) is 0 Å². The Bertz CT molecular complexity index is 571. The number of hydrogen-bond acceptors (Lipinski definition) is 4. The molecule has 0 saturated heterocycles. The van der Waals surface area contributed by atoms with Gasteiger partial charge in [0.1, 0.15) is 11.6 Å². The minimum Gasteiger partial charge on any atom is -0.313 e. The van der Waals surface area contributed by atoms with Crippen LogP contribution in [0.4, 0.5) is 13.2 Å². The highest BCUT2D eigenvalue weighted by Crippen LogP contribution is 2.34. The molecule has 0 bridgehead atoms. The highest BCUT2D eigenvalue weighted by atomic mass is 19.4. The maximum atomic E-state index is 12.9. The molecule has 128 valence electrons. The van der Waals surface area contributed by atoms with E-state index in [0.717, 1.165) is 6.42 Å². The van der Waals surface area contributed by atoms with Crippen molar-refractivity contribution < 1.29 is 13.2 Å². The zero-order valence-electron chi connectivity index (χ0n) is 13.4. The Kier molecular flexibility index (Phi) is 5.30. The maximum Gasteiger partial charge on any atom is 0.393 e. The van der Waals surface area contributed by atoms with E-state index in [2.05, 4.69) is 35.4 Å². The van der Waals surface area contributed by atoms with E-state index in [-0.39, 0.29) is 18.4 Å². The largest absolute Gasteiger partial charge is 0.393 e. The second-order valence-electron chi connectivity index (χ2n) is 6.85. The fourth-order valence-electron chi connectivity index (χ4n) is 2.78. The first-order chi connectivity index (χ1) is 10.7. The summed E-state index contributed by atoms with van der Waals surface area (Å²) in [6.45, 7) is 5.06. The number of hydrogen-bond donors (Lipinski definition) is 1. The summed E-state index contributed by atoms with van der Waals surface area (Å²) in [6.07, 6.45) is -2.53. The molecule has 0 unspecified atom stereocenters. The summed E-state index contributed by atoms with van der Waals surface area (Å²) in [7, 11) is 0. The summed E-state index contributed by atoms with van der Waals surface area (Å²) in [5.41, 5.74) is -0.0466. The third-order valence-electron chi connectivity index (χ3n) is 4.29. The van der Waals surface area contributed by atoms with Gasteiger partial charge in [0.2, 0.25) is 0 Å². The molecule has 0 saturated carbocycles. The summed E-state index contributed by atoms with van der Waals surface area (Å²) >= 11 is 0. The summed E-state index contributed by atoms with van der Waals surface area (Å²) in [5, 5.41) is 19.9. The number of nitriles is 1. The molecule has 2 rings (SSSR count). The van der Waals surface area contributed by atoms with E-state index in [1.807, 2.05) is 0 Å². The summed E-state index contributed by atoms with van der Waals surface area (Å²) in [6, 6.07) is 2.13. The first-order valence-electron chi connectivity index (χ1n) is 7.78. The average Bonchev–Trinajstić information content (AvgIpc) is 2.87. The first-order valence-corrected chi connectivity index (χ1v) is 7.78. The highest BCUT2D eigenvalue weighted by Gasteiger charge is 2.42. The smallest absolute Gasteiger partial charge is 0.313 e. The number of halogens is 3. The van der Waals surface area contributed by atoms with E-state index in [0.29, 0.717) is 37.6 Å². The van der Waals surface area contributed by atoms with Gasteiger partial charge in [-0.1, -0.05) is 13.8 Å². The lowest BCUT2D eigenvalue weighted by molar-refractivity contribution is -0.182. The number of aromatic nitrogens is 3. The molecular weight excluding hydrogens is 307 g/mol. The molecule has 1 atom stereocenters. The van der Waals surface area contributed by atoms with Crippen molar-refractivity contribution in [2.24, 2.45) is 11.3 Å². The molecule has 0 aromatic carbocycles. The zero-order valence-corrected chi connectivity index (χ0v) is 13.4. The van der Waals surface area contributed by atoms with Crippen molar-refractivity contribution >= 4 is 0 Å². The second kappa shape index (κ2) is 6.87. The van der Waals surface area contributed by atoms with Gasteiger partial charge in [-0.3, -0.25) is 0 Å². The predicted octanol–water partition coefficient (Wildman–Crippen LogP) is 2.82. The number of nitrogens with zero attached hydrogens (tertiary/aromatic N) is 4. The van der Waals surface area contributed by atoms with Crippen molar-refractivity contribution in [1.82, 2.24) is 20.1 Å². The van der Waals surface area contributed by atoms with E-state index in [1.54, 1.807) is 4.57 Å². The van der Waals surface area contributed by atoms with Gasteiger partial charge in [0.15, 0.2) is 0 Å². The standard InChI is InChI=1S/C15H22F3N5/c1-14(2,6-3-7-19)10-20-8-13-22-21-12-5-4-11(9-23(12)13)15(16,17)18/h11,20H,3-6,8-10H2,1-2H3/t11-/m0/s1. The van der Waals surface area contributed by atoms with E-state index in [9.17, 15) is 13.2 Å². The van der Waals surface area contributed by atoms with Crippen LogP contribution in [-0.4, -0.2) is 27.5 Å². The number of alkyl halides is 3. The van der Waals surface area contributed by atoms with Gasteiger partial charge in [0.25, 0.3) is 0 Å². The Hall–Kier alpha value is -1.62. The van der Waals surface area contributed by atoms with Gasteiger partial charge in [-0.2, -0.15) is 18.4 Å². The van der Waals surface area contributed by atoms with Crippen LogP contribution in [0.2, 0.25) is 0 Å². The van der Waals surface area contributed by atoms with Crippen molar-refractivity contribution in [2.75, 3.05) is 6.54 Å². The zero-order chi connectivity index (χ0) is 17.1. The maximum absolute atomic E-state index is 12.9. The molecule has 0 amide bonds. The third kappa shape index (κ3) is 4.67. The molecule has 0 aliphatic carbocycles. The normalized spacial score (nSPS) is 18.5. The SMILES string of the molecule is CC(C)(CCC#N)CNCc1nnc2n1C[C@@H](C(F)(F)F)CC2. The topological polar surface area (TPSA) is 66.5 Å². The molecule has 1 aromatic heterocycles. The fraction of sp³-hybridized carbons (Fsp3) is 0.800. The van der Waals surface area contributed by atoms with Crippen LogP contribution in [0.1, 0.15) is 44.8 Å². The summed E-state index contributed by atoms with van der Waals surface area (Å²) < 4.78 is 40.3. The van der Waals surface area contributed by atoms with Crippen LogP contribution in [0.25, 0.3) is 0 Å². The molecule has 1 aromatic rings. The average molecular weight is 329 g/mol. The van der Waals surface area contributed by atoms with E-state index < -0.39 is 12.1 Å². The number of fused-ring (bicyclic) bond motifs is 1. The van der Waals surface area contributed by atoms with Crippen LogP contribution >= 0.6 is 0 Å². The molecule has 2 heterocycles. The first kappa shape index (κ1) is 17.7. The molecular formula is C15H22F3N5. The van der Waals surface area contributed by atoms with Gasteiger partial charge in [-0.25, -0.2) is 0 Å². The second-order valence-corrected chi connectivity index (χ2v) is 6.85. The third-order valence-corrected chi connectivity index (χ3v) is 4.29. The molecule has 8 heteroatoms. The van der Waals surface area contributed by atoms with Crippen LogP contribution in [0.3, 0.4) is 0 Å². The van der Waals surface area contributed by atoms with Crippen LogP contribution in [0.15, 0.2) is 0 Å². The minimum atomic E-state index is -4.17. The van der Waals surface area contributed by atoms with E-state index in [4.69, 9.17) is 5.26 Å². The minimum absolute atomic E-state index is 0.0466. The molecule has 1 N–H and O–H groups in total. The number of nitrogens with one attached hydrogen (secondary N) is 1. The number of rotatable bonds is 6. The lowest BCUT2D eigenvalue weighted by Crippen LogP contribution is -2.34. The fourth-order valence-corrected chi connectivity index (χ4v) is 2.78. The molecule has 0 radical (unpaired) electrons. The van der Waals surface area contributed by atoms with Gasteiger partial charge in [0, 0.05) is 25.9 Å². The molecule has 23 heavy (non-hydrogen) atoms. The van der Waals surface area contributed by atoms with Gasteiger partial charge in [0.05, 0.1) is 18.5 Å². The predicted molar refractivity (Wildman–Crippen MR) is 78.2 cm³/mol. The Labute approximate surface area is 133 Å². The Morgan fingerprint density at radius 1 is 1.35 bits per heavy atom. The number of aryl methyl sites for hydroxylation is 1. The summed E-state index contributed by atoms with van der Waals surface area (Å²) in [4.78, 5) is 0. The van der Waals surface area contributed by atoms with Crippen molar-refractivity contribution in [1.29, 1.82) is 5.26 Å². The van der Waals surface area contributed by atoms with Gasteiger partial charge in [-0.05, 0) is 18.3 Å². The van der Waals surface area contributed by atoms with E-state index >= 15 is 0 Å². The van der Waals surface area contributed by atoms with Crippen LogP contribution in [0.5, 0.6) is 0 Å². The van der Waals surface area contributed by atoms with Gasteiger partial charge < -0.3 is 9.88 Å². The summed E-state index contributed by atoms with van der Waals surface area (Å²) in [5.74, 6) is -0.145. The van der Waals surface area contributed by atoms with Crippen LogP contribution in [-0.2, 0) is 19.5 Å². The Balaban J connectivity index is 1.94. The lowest BCUT2D eigenvalue weighted by Gasteiger charge is -2.27. The van der Waals surface area contributed by atoms with Crippen molar-refractivity contribution in [3.8, 4) is 6.07 Å². The molecule has 1 aliphatic heterocycles. The lowest BCUT2D eigenvalue weighted by atomic mass is 9.88. The molecule has 1 aliphatic rings. The van der Waals surface area contributed by atoms with Crippen LogP contribution < -0.4 is 5.32 Å². The molecule has 5 nitrogen and oxygen atoms in total. The van der Waals surface area contributed by atoms with Crippen LogP contribution in [0, 0.1) is 22.7 Å². The Morgan fingerprint density at radius 3 is 2.74 bits per heavy atom. The Morgan fingerprint density at radius 2 is 2.09 bits per heavy atom. The van der Waals surface area contributed by atoms with Gasteiger partial charge in [-0.15, -0.1) is 10.2 Å². The van der Waals surface area contributed by atoms with Gasteiger partial charge >= 0.3 is 6.18 Å². The van der Waals surface area contributed by atoms with Crippen molar-refractivity contribution in [3.05, 3.63) is 11.6 Å².